The lowest BCUT2D eigenvalue weighted by Crippen LogP contribution is -2.26. The van der Waals surface area contributed by atoms with E-state index in [-0.39, 0.29) is 27.7 Å². The van der Waals surface area contributed by atoms with Crippen LogP contribution in [0.5, 0.6) is 11.5 Å². The van der Waals surface area contributed by atoms with Crippen LogP contribution >= 0.6 is 23.2 Å². The lowest BCUT2D eigenvalue weighted by molar-refractivity contribution is -0.137. The Morgan fingerprint density at radius 1 is 0.878 bits per heavy atom. The van der Waals surface area contributed by atoms with Crippen molar-refractivity contribution in [2.45, 2.75) is 23.9 Å². The molecule has 0 saturated carbocycles. The number of rotatable bonds is 10. The van der Waals surface area contributed by atoms with Crippen LogP contribution in [-0.4, -0.2) is 20.9 Å². The lowest BCUT2D eigenvalue weighted by atomic mass is 10.1. The number of hydrogen-bond donors (Lipinski definition) is 2. The maximum atomic E-state index is 13.1. The number of carbonyl (C=O) groups is 1. The molecule has 0 saturated heterocycles. The molecule has 0 spiro atoms. The Morgan fingerprint density at radius 2 is 1.61 bits per heavy atom. The molecule has 0 bridgehead atoms. The normalized spacial score (nSPS) is 11.6. The van der Waals surface area contributed by atoms with Crippen molar-refractivity contribution in [3.8, 4) is 11.5 Å². The van der Waals surface area contributed by atoms with Gasteiger partial charge in [-0.1, -0.05) is 53.5 Å². The fourth-order valence-electron chi connectivity index (χ4n) is 3.83. The Labute approximate surface area is 245 Å². The van der Waals surface area contributed by atoms with Crippen molar-refractivity contribution >= 4 is 44.8 Å². The van der Waals surface area contributed by atoms with E-state index in [0.717, 1.165) is 12.1 Å². The minimum absolute atomic E-state index is 0.00109. The van der Waals surface area contributed by atoms with Crippen LogP contribution in [0, 0.1) is 0 Å². The van der Waals surface area contributed by atoms with Gasteiger partial charge in [-0.05, 0) is 79.1 Å². The highest BCUT2D eigenvalue weighted by Gasteiger charge is 2.30. The molecule has 0 aliphatic heterocycles. The third-order valence-electron chi connectivity index (χ3n) is 5.85. The van der Waals surface area contributed by atoms with E-state index in [9.17, 15) is 26.4 Å². The van der Waals surface area contributed by atoms with Gasteiger partial charge in [0.2, 0.25) is 0 Å². The summed E-state index contributed by atoms with van der Waals surface area (Å²) < 4.78 is 73.1. The highest BCUT2D eigenvalue weighted by molar-refractivity contribution is 7.92. The van der Waals surface area contributed by atoms with Crippen molar-refractivity contribution < 1.29 is 31.1 Å². The van der Waals surface area contributed by atoms with Crippen molar-refractivity contribution in [3.63, 3.8) is 0 Å². The van der Waals surface area contributed by atoms with E-state index < -0.39 is 27.7 Å². The minimum atomic E-state index is -4.44. The zero-order valence-corrected chi connectivity index (χ0v) is 23.5. The molecular weight excluding hydrogens is 600 g/mol. The van der Waals surface area contributed by atoms with Gasteiger partial charge in [0.1, 0.15) is 11.5 Å². The van der Waals surface area contributed by atoms with Crippen molar-refractivity contribution in [3.05, 3.63) is 118 Å². The largest absolute Gasteiger partial charge is 0.456 e. The first-order chi connectivity index (χ1) is 19.4. The van der Waals surface area contributed by atoms with Crippen molar-refractivity contribution in [2.75, 3.05) is 11.3 Å². The first-order valence-corrected chi connectivity index (χ1v) is 14.5. The Bertz CT molecular complexity index is 1650. The number of carbonyl (C=O) groups excluding carboxylic acids is 1. The highest BCUT2D eigenvalue weighted by Crippen LogP contribution is 2.31. The molecule has 41 heavy (non-hydrogen) atoms. The number of aryl methyl sites for hydroxylation is 1. The van der Waals surface area contributed by atoms with Gasteiger partial charge in [-0.3, -0.25) is 9.52 Å². The number of anilines is 1. The Kier molecular flexibility index (Phi) is 9.47. The standard InChI is InChI=1S/C29H23Cl2F3N2O4S/c30-21-10-15-26(24(18-21)28(37)35-16-4-6-19-5-3-7-20(17-19)29(32,33)34)36-41(38,39)23-13-11-22(12-14-23)40-27-9-2-1-8-25(27)31/h1-3,5,7-15,17-18,36H,4,6,16H2,(H,35,37). The second kappa shape index (κ2) is 12.8. The molecule has 0 aromatic heterocycles. The second-order valence-electron chi connectivity index (χ2n) is 8.86. The van der Waals surface area contributed by atoms with Crippen LogP contribution in [-0.2, 0) is 22.6 Å². The van der Waals surface area contributed by atoms with Gasteiger partial charge < -0.3 is 10.1 Å². The minimum Gasteiger partial charge on any atom is -0.456 e. The Morgan fingerprint density at radius 3 is 2.32 bits per heavy atom. The zero-order valence-electron chi connectivity index (χ0n) is 21.2. The van der Waals surface area contributed by atoms with Crippen LogP contribution in [0.1, 0.15) is 27.9 Å². The predicted octanol–water partition coefficient (Wildman–Crippen LogP) is 7.97. The van der Waals surface area contributed by atoms with Gasteiger partial charge in [0.15, 0.2) is 0 Å². The van der Waals surface area contributed by atoms with Gasteiger partial charge >= 0.3 is 6.18 Å². The highest BCUT2D eigenvalue weighted by atomic mass is 35.5. The number of para-hydroxylation sites is 1. The van der Waals surface area contributed by atoms with Crippen molar-refractivity contribution in [2.24, 2.45) is 0 Å². The maximum absolute atomic E-state index is 13.1. The number of ether oxygens (including phenoxy) is 1. The average Bonchev–Trinajstić information content (AvgIpc) is 2.93. The molecule has 4 rings (SSSR count). The molecule has 0 unspecified atom stereocenters. The number of nitrogens with one attached hydrogen (secondary N) is 2. The summed E-state index contributed by atoms with van der Waals surface area (Å²) in [6.45, 7) is 0.140. The first-order valence-electron chi connectivity index (χ1n) is 12.2. The number of amides is 1. The lowest BCUT2D eigenvalue weighted by Gasteiger charge is -2.14. The average molecular weight is 623 g/mol. The van der Waals surface area contributed by atoms with E-state index in [0.29, 0.717) is 34.9 Å². The summed E-state index contributed by atoms with van der Waals surface area (Å²) >= 11 is 12.2. The molecule has 0 aliphatic rings. The van der Waals surface area contributed by atoms with Crippen LogP contribution in [0.4, 0.5) is 18.9 Å². The third-order valence-corrected chi connectivity index (χ3v) is 7.78. The fraction of sp³-hybridized carbons (Fsp3) is 0.138. The summed E-state index contributed by atoms with van der Waals surface area (Å²) in [7, 11) is -4.10. The molecule has 0 heterocycles. The smallest absolute Gasteiger partial charge is 0.416 e. The van der Waals surface area contributed by atoms with Crippen LogP contribution in [0.25, 0.3) is 0 Å². The zero-order chi connectivity index (χ0) is 29.6. The third kappa shape index (κ3) is 8.16. The van der Waals surface area contributed by atoms with Crippen molar-refractivity contribution in [1.29, 1.82) is 0 Å². The van der Waals surface area contributed by atoms with E-state index in [1.165, 1.54) is 48.5 Å². The summed E-state index contributed by atoms with van der Waals surface area (Å²) in [5.74, 6) is 0.181. The molecule has 4 aromatic rings. The topological polar surface area (TPSA) is 84.5 Å². The van der Waals surface area contributed by atoms with E-state index in [1.807, 2.05) is 0 Å². The molecule has 0 aliphatic carbocycles. The van der Waals surface area contributed by atoms with Crippen LogP contribution in [0.2, 0.25) is 10.0 Å². The molecule has 0 radical (unpaired) electrons. The maximum Gasteiger partial charge on any atom is 0.416 e. The van der Waals surface area contributed by atoms with Crippen LogP contribution in [0.15, 0.2) is 95.9 Å². The van der Waals surface area contributed by atoms with E-state index in [1.54, 1.807) is 30.3 Å². The first kappa shape index (κ1) is 30.2. The quantitative estimate of drug-likeness (QED) is 0.176. The van der Waals surface area contributed by atoms with Gasteiger partial charge in [0, 0.05) is 11.6 Å². The monoisotopic (exact) mass is 622 g/mol. The number of sulfonamides is 1. The molecule has 4 aromatic carbocycles. The van der Waals surface area contributed by atoms with Gasteiger partial charge in [-0.2, -0.15) is 13.2 Å². The summed E-state index contributed by atoms with van der Waals surface area (Å²) in [5, 5.41) is 3.27. The van der Waals surface area contributed by atoms with Gasteiger partial charge in [0.05, 0.1) is 26.7 Å². The van der Waals surface area contributed by atoms with Crippen LogP contribution in [0.3, 0.4) is 0 Å². The number of benzene rings is 4. The number of halogens is 5. The number of alkyl halides is 3. The molecule has 214 valence electrons. The van der Waals surface area contributed by atoms with Gasteiger partial charge in [-0.25, -0.2) is 8.42 Å². The van der Waals surface area contributed by atoms with Gasteiger partial charge in [0.25, 0.3) is 15.9 Å². The molecular formula is C29H23Cl2F3N2O4S. The predicted molar refractivity (Wildman–Crippen MR) is 152 cm³/mol. The molecule has 0 atom stereocenters. The molecule has 0 fully saturated rings. The summed E-state index contributed by atoms with van der Waals surface area (Å²) in [6.07, 6.45) is -3.78. The summed E-state index contributed by atoms with van der Waals surface area (Å²) in [6, 6.07) is 21.6. The van der Waals surface area contributed by atoms with Crippen molar-refractivity contribution in [1.82, 2.24) is 5.32 Å². The molecule has 1 amide bonds. The summed E-state index contributed by atoms with van der Waals surface area (Å²) in [5.41, 5.74) is -0.272. The fourth-order valence-corrected chi connectivity index (χ4v) is 5.26. The number of hydrogen-bond acceptors (Lipinski definition) is 4. The molecule has 12 heteroatoms. The van der Waals surface area contributed by atoms with Gasteiger partial charge in [-0.15, -0.1) is 0 Å². The van der Waals surface area contributed by atoms with Crippen LogP contribution < -0.4 is 14.8 Å². The molecule has 6 nitrogen and oxygen atoms in total. The van der Waals surface area contributed by atoms with E-state index >= 15 is 0 Å². The molecule has 2 N–H and O–H groups in total. The Balaban J connectivity index is 1.40. The van der Waals surface area contributed by atoms with E-state index in [2.05, 4.69) is 10.0 Å². The Hall–Kier alpha value is -3.73. The van der Waals surface area contributed by atoms with E-state index in [4.69, 9.17) is 27.9 Å². The SMILES string of the molecule is O=C(NCCCc1cccc(C(F)(F)F)c1)c1cc(Cl)ccc1NS(=O)(=O)c1ccc(Oc2ccccc2Cl)cc1. The summed E-state index contributed by atoms with van der Waals surface area (Å²) in [4.78, 5) is 12.8. The second-order valence-corrected chi connectivity index (χ2v) is 11.4.